The van der Waals surface area contributed by atoms with Crippen molar-refractivity contribution in [3.8, 4) is 0 Å². The molecule has 7 atom stereocenters. The van der Waals surface area contributed by atoms with Gasteiger partial charge in [-0.3, -0.25) is 9.80 Å². The number of ether oxygens (including phenoxy) is 1. The van der Waals surface area contributed by atoms with Crippen LogP contribution in [-0.4, -0.2) is 51.5 Å². The number of para-hydroxylation sites is 1. The molecule has 3 aliphatic carbocycles. The number of ketones is 1. The minimum Gasteiger partial charge on any atom is -0.450 e. The Morgan fingerprint density at radius 2 is 1.84 bits per heavy atom. The Kier molecular flexibility index (Phi) is 7.12. The van der Waals surface area contributed by atoms with Gasteiger partial charge >= 0.3 is 5.97 Å². The number of aliphatic hydroxyl groups excluding tert-OH is 2. The molecule has 4 rings (SSSR count). The van der Waals surface area contributed by atoms with Crippen molar-refractivity contribution in [3.63, 3.8) is 0 Å². The maximum Gasteiger partial charge on any atom is 0.358 e. The molecule has 1 aromatic rings. The Hall–Kier alpha value is -2.98. The summed E-state index contributed by atoms with van der Waals surface area (Å²) in [4.78, 5) is 27.9. The van der Waals surface area contributed by atoms with E-state index in [0.29, 0.717) is 17.7 Å². The fraction of sp³-hybridized carbons (Fsp3) is 0.517. The molecular weight excluding hydrogens is 486 g/mol. The molecule has 2 bridgehead atoms. The quantitative estimate of drug-likeness (QED) is 0.127. The van der Waals surface area contributed by atoms with Crippen LogP contribution < -0.4 is 16.6 Å². The summed E-state index contributed by atoms with van der Waals surface area (Å²) in [5, 5.41) is 35.5. The largest absolute Gasteiger partial charge is 0.450 e. The molecule has 0 aliphatic heterocycles. The summed E-state index contributed by atoms with van der Waals surface area (Å²) in [6.45, 7) is 9.03. The Bertz CT molecular complexity index is 1210. The molecule has 9 heteroatoms. The number of hydrogen-bond donors (Lipinski definition) is 5. The van der Waals surface area contributed by atoms with Crippen LogP contribution in [0, 0.1) is 28.6 Å². The number of nitrogens with zero attached hydrogens (tertiary/aromatic N) is 1. The molecule has 0 heterocycles. The highest BCUT2D eigenvalue weighted by atomic mass is 16.6. The second-order valence-electron chi connectivity index (χ2n) is 11.6. The zero-order valence-corrected chi connectivity index (χ0v) is 22.6. The van der Waals surface area contributed by atoms with Gasteiger partial charge in [0.15, 0.2) is 23.2 Å². The van der Waals surface area contributed by atoms with Gasteiger partial charge in [0.05, 0.1) is 17.7 Å². The Morgan fingerprint density at radius 1 is 1.21 bits per heavy atom. The third kappa shape index (κ3) is 3.75. The maximum absolute atomic E-state index is 14.5. The number of hydrazine groups is 1. The van der Waals surface area contributed by atoms with Crippen LogP contribution in [0.4, 0.5) is 5.69 Å². The number of fused-ring (bicyclic) bond motifs is 1. The van der Waals surface area contributed by atoms with E-state index in [0.717, 1.165) is 11.2 Å². The van der Waals surface area contributed by atoms with E-state index >= 15 is 0 Å². The highest BCUT2D eigenvalue weighted by Crippen LogP contribution is 2.62. The molecule has 6 unspecified atom stereocenters. The van der Waals surface area contributed by atoms with E-state index in [-0.39, 0.29) is 23.0 Å². The summed E-state index contributed by atoms with van der Waals surface area (Å²) in [6.07, 6.45) is 1.79. The normalized spacial score (nSPS) is 36.4. The molecule has 3 aliphatic rings. The fourth-order valence-electron chi connectivity index (χ4n) is 6.80. The third-order valence-corrected chi connectivity index (χ3v) is 9.39. The Labute approximate surface area is 223 Å². The number of nitrogens with two attached hydrogens (primary N) is 2. The molecule has 38 heavy (non-hydrogen) atoms. The Balaban J connectivity index is 1.82. The third-order valence-electron chi connectivity index (χ3n) is 9.39. The summed E-state index contributed by atoms with van der Waals surface area (Å²) >= 11 is 0. The molecule has 0 saturated heterocycles. The first kappa shape index (κ1) is 28.0. The zero-order chi connectivity index (χ0) is 28.2. The first-order valence-corrected chi connectivity index (χ1v) is 13.0. The number of aliphatic hydroxyl groups is 3. The molecule has 0 aromatic heterocycles. The van der Waals surface area contributed by atoms with E-state index in [2.05, 4.69) is 6.92 Å². The number of benzene rings is 1. The number of hydrogen-bond acceptors (Lipinski definition) is 9. The molecule has 1 fully saturated rings. The van der Waals surface area contributed by atoms with Crippen molar-refractivity contribution in [2.75, 3.05) is 11.6 Å². The van der Waals surface area contributed by atoms with Gasteiger partial charge < -0.3 is 25.8 Å². The van der Waals surface area contributed by atoms with Crippen molar-refractivity contribution in [2.24, 2.45) is 40.2 Å². The summed E-state index contributed by atoms with van der Waals surface area (Å²) in [6, 6.07) is 8.65. The van der Waals surface area contributed by atoms with E-state index < -0.39 is 53.1 Å². The van der Waals surface area contributed by atoms with Crippen LogP contribution in [-0.2, 0) is 14.3 Å². The number of carbonyl (C=O) groups excluding carboxylic acids is 2. The average Bonchev–Trinajstić information content (AvgIpc) is 3.05. The van der Waals surface area contributed by atoms with E-state index in [1.807, 2.05) is 20.8 Å². The van der Waals surface area contributed by atoms with Gasteiger partial charge in [-0.05, 0) is 53.9 Å². The van der Waals surface area contributed by atoms with Crippen molar-refractivity contribution in [3.05, 3.63) is 65.5 Å². The lowest BCUT2D eigenvalue weighted by Gasteiger charge is -2.48. The van der Waals surface area contributed by atoms with Crippen molar-refractivity contribution in [2.45, 2.75) is 58.8 Å². The predicted molar refractivity (Wildman–Crippen MR) is 143 cm³/mol. The summed E-state index contributed by atoms with van der Waals surface area (Å²) in [7, 11) is 0. The predicted octanol–water partition coefficient (Wildman–Crippen LogP) is 1.94. The summed E-state index contributed by atoms with van der Waals surface area (Å²) in [5.41, 5.74) is 2.25. The van der Waals surface area contributed by atoms with Crippen LogP contribution in [0.2, 0.25) is 0 Å². The van der Waals surface area contributed by atoms with Crippen LogP contribution in [0.3, 0.4) is 0 Å². The second kappa shape index (κ2) is 9.64. The topological polar surface area (TPSA) is 159 Å². The average molecular weight is 526 g/mol. The smallest absolute Gasteiger partial charge is 0.358 e. The summed E-state index contributed by atoms with van der Waals surface area (Å²) < 4.78 is 5.86. The molecule has 1 saturated carbocycles. The number of esters is 1. The number of anilines is 1. The van der Waals surface area contributed by atoms with Crippen LogP contribution in [0.5, 0.6) is 0 Å². The first-order valence-electron chi connectivity index (χ1n) is 13.0. The monoisotopic (exact) mass is 525 g/mol. The van der Waals surface area contributed by atoms with Gasteiger partial charge in [-0.2, -0.15) is 0 Å². The van der Waals surface area contributed by atoms with Crippen molar-refractivity contribution >= 4 is 17.4 Å². The van der Waals surface area contributed by atoms with E-state index in [1.54, 1.807) is 49.4 Å². The molecule has 9 nitrogen and oxygen atoms in total. The zero-order valence-electron chi connectivity index (χ0n) is 22.6. The van der Waals surface area contributed by atoms with Gasteiger partial charge in [0, 0.05) is 12.1 Å². The Morgan fingerprint density at radius 3 is 2.42 bits per heavy atom. The van der Waals surface area contributed by atoms with Gasteiger partial charge in [-0.15, -0.1) is 0 Å². The lowest BCUT2D eigenvalue weighted by atomic mass is 9.59. The van der Waals surface area contributed by atoms with Crippen molar-refractivity contribution in [1.29, 1.82) is 0 Å². The number of carbonyl (C=O) groups is 2. The van der Waals surface area contributed by atoms with Crippen molar-refractivity contribution in [1.82, 2.24) is 0 Å². The molecular formula is C29H39N3O6. The molecule has 0 radical (unpaired) electrons. The van der Waals surface area contributed by atoms with Gasteiger partial charge in [0.25, 0.3) is 0 Å². The lowest BCUT2D eigenvalue weighted by Crippen LogP contribution is -2.65. The highest BCUT2D eigenvalue weighted by molar-refractivity contribution is 5.96. The van der Waals surface area contributed by atoms with E-state index in [1.165, 1.54) is 0 Å². The molecule has 1 aromatic carbocycles. The standard InChI is InChI=1S/C29H39N3O6/c1-16-13-28-18(3)11-17(2)27(4,5)21(24(28)35)12-19(15-33)23(34)29(28,37)25(16)38-26(36)22(14-30)32(31)20-9-7-6-8-10-20/h6-10,12-14,17-18,21,23,25,33-34,37H,11,15,30-31H2,1-5H3/b22-14-/t17?,18-,21?,23?,25?,28?,29?/m1/s1. The van der Waals surface area contributed by atoms with Crippen LogP contribution in [0.15, 0.2) is 65.5 Å². The number of allylic oxidation sites excluding steroid dienone is 1. The van der Waals surface area contributed by atoms with Gasteiger partial charge in [-0.25, -0.2) is 10.6 Å². The second-order valence-corrected chi connectivity index (χ2v) is 11.6. The van der Waals surface area contributed by atoms with Gasteiger partial charge in [-0.1, -0.05) is 58.0 Å². The van der Waals surface area contributed by atoms with Gasteiger partial charge in [0.2, 0.25) is 0 Å². The minimum atomic E-state index is -2.27. The molecule has 1 spiro atoms. The first-order chi connectivity index (χ1) is 17.8. The lowest BCUT2D eigenvalue weighted by molar-refractivity contribution is -0.201. The van der Waals surface area contributed by atoms with Gasteiger partial charge in [0.1, 0.15) is 6.10 Å². The molecule has 0 amide bonds. The van der Waals surface area contributed by atoms with Crippen LogP contribution >= 0.6 is 0 Å². The number of Topliss-reactive ketones (excluding diaryl/α,β-unsaturated/α-hetero) is 1. The maximum atomic E-state index is 14.5. The molecule has 7 N–H and O–H groups in total. The minimum absolute atomic E-state index is 0.0836. The van der Waals surface area contributed by atoms with Crippen LogP contribution in [0.25, 0.3) is 0 Å². The van der Waals surface area contributed by atoms with E-state index in [9.17, 15) is 24.9 Å². The highest BCUT2D eigenvalue weighted by Gasteiger charge is 2.73. The van der Waals surface area contributed by atoms with Crippen LogP contribution in [0.1, 0.15) is 41.0 Å². The molecule has 206 valence electrons. The SMILES string of the molecule is CC1=CC23C(=O)C(C=C(CO)C(O)C2(O)C1OC(=O)/C(=C/N)N(N)c1ccccc1)C(C)(C)C(C)C[C@H]3C. The fourth-order valence-corrected chi connectivity index (χ4v) is 6.80. The summed E-state index contributed by atoms with van der Waals surface area (Å²) in [5.74, 6) is 3.97. The number of rotatable bonds is 5. The van der Waals surface area contributed by atoms with Crippen molar-refractivity contribution < 1.29 is 29.6 Å². The van der Waals surface area contributed by atoms with E-state index in [4.69, 9.17) is 16.3 Å².